The molecule has 1 amide bonds. The Morgan fingerprint density at radius 2 is 1.34 bits per heavy atom. The molecule has 4 aromatic carbocycles. The second-order valence-corrected chi connectivity index (χ2v) is 8.89. The van der Waals surface area contributed by atoms with Gasteiger partial charge in [-0.2, -0.15) is 5.10 Å². The lowest BCUT2D eigenvalue weighted by atomic mass is 10.1. The number of anilines is 3. The highest BCUT2D eigenvalue weighted by molar-refractivity contribution is 5.96. The van der Waals surface area contributed by atoms with Crippen LogP contribution in [0, 0.1) is 19.7 Å². The third-order valence-corrected chi connectivity index (χ3v) is 6.32. The van der Waals surface area contributed by atoms with Crippen LogP contribution in [0.3, 0.4) is 0 Å². The number of benzene rings is 4. The standard InChI is InChI=1S/C32H27FN4O/c1-23-21-31(24(2)36(23)29-19-15-26(33)16-20-29)32(38)35-34-22-25-13-17-30(18-14-25)37(27-9-5-3-6-10-27)28-11-7-4-8-12-28/h3-22H,1-2H3,(H,35,38). The Balaban J connectivity index is 1.31. The van der Waals surface area contributed by atoms with Crippen LogP contribution in [0.4, 0.5) is 21.5 Å². The van der Waals surface area contributed by atoms with Crippen molar-refractivity contribution in [3.05, 3.63) is 144 Å². The minimum absolute atomic E-state index is 0.301. The van der Waals surface area contributed by atoms with E-state index < -0.39 is 0 Å². The van der Waals surface area contributed by atoms with Gasteiger partial charge in [0.05, 0.1) is 11.8 Å². The lowest BCUT2D eigenvalue weighted by Crippen LogP contribution is -2.18. The Bertz CT molecular complexity index is 1520. The fourth-order valence-electron chi connectivity index (χ4n) is 4.52. The summed E-state index contributed by atoms with van der Waals surface area (Å²) in [6.45, 7) is 3.77. The number of carbonyl (C=O) groups is 1. The van der Waals surface area contributed by atoms with Crippen LogP contribution in [-0.2, 0) is 0 Å². The molecule has 0 fully saturated rings. The van der Waals surface area contributed by atoms with Crippen molar-refractivity contribution in [2.45, 2.75) is 13.8 Å². The van der Waals surface area contributed by atoms with Crippen LogP contribution in [-0.4, -0.2) is 16.7 Å². The molecule has 38 heavy (non-hydrogen) atoms. The molecule has 0 unspecified atom stereocenters. The molecule has 0 aliphatic rings. The first kappa shape index (κ1) is 24.7. The Hall–Kier alpha value is -4.97. The number of nitrogens with zero attached hydrogens (tertiary/aromatic N) is 3. The van der Waals surface area contributed by atoms with Gasteiger partial charge in [-0.15, -0.1) is 0 Å². The lowest BCUT2D eigenvalue weighted by Gasteiger charge is -2.25. The summed E-state index contributed by atoms with van der Waals surface area (Å²) in [4.78, 5) is 15.0. The Kier molecular flexibility index (Phi) is 7.13. The van der Waals surface area contributed by atoms with E-state index in [1.807, 2.05) is 79.1 Å². The van der Waals surface area contributed by atoms with Gasteiger partial charge in [0.2, 0.25) is 0 Å². The van der Waals surface area contributed by atoms with Gasteiger partial charge in [-0.25, -0.2) is 9.82 Å². The minimum atomic E-state index is -0.307. The maximum absolute atomic E-state index is 13.3. The van der Waals surface area contributed by atoms with E-state index in [9.17, 15) is 9.18 Å². The van der Waals surface area contributed by atoms with Gasteiger partial charge < -0.3 is 9.47 Å². The number of hydrazone groups is 1. The zero-order valence-corrected chi connectivity index (χ0v) is 21.2. The molecule has 0 saturated carbocycles. The molecule has 0 radical (unpaired) electrons. The van der Waals surface area contributed by atoms with E-state index in [0.717, 1.165) is 39.7 Å². The van der Waals surface area contributed by atoms with Crippen molar-refractivity contribution in [1.82, 2.24) is 9.99 Å². The third kappa shape index (κ3) is 5.25. The first-order valence-corrected chi connectivity index (χ1v) is 12.3. The van der Waals surface area contributed by atoms with Crippen molar-refractivity contribution in [3.8, 4) is 5.69 Å². The summed E-state index contributed by atoms with van der Waals surface area (Å²) in [5.41, 5.74) is 9.55. The van der Waals surface area contributed by atoms with E-state index in [0.29, 0.717) is 5.56 Å². The third-order valence-electron chi connectivity index (χ3n) is 6.32. The zero-order chi connectivity index (χ0) is 26.5. The lowest BCUT2D eigenvalue weighted by molar-refractivity contribution is 0.0954. The monoisotopic (exact) mass is 502 g/mol. The van der Waals surface area contributed by atoms with Gasteiger partial charge in [-0.1, -0.05) is 48.5 Å². The fourth-order valence-corrected chi connectivity index (χ4v) is 4.52. The van der Waals surface area contributed by atoms with Crippen LogP contribution in [0.1, 0.15) is 27.3 Å². The normalized spacial score (nSPS) is 11.0. The van der Waals surface area contributed by atoms with Crippen molar-refractivity contribution in [3.63, 3.8) is 0 Å². The van der Waals surface area contributed by atoms with Gasteiger partial charge in [0, 0.05) is 34.1 Å². The van der Waals surface area contributed by atoms with Crippen LogP contribution in [0.5, 0.6) is 0 Å². The molecule has 0 spiro atoms. The molecule has 0 atom stereocenters. The summed E-state index contributed by atoms with van der Waals surface area (Å²) in [6.07, 6.45) is 1.62. The second kappa shape index (κ2) is 11.0. The summed E-state index contributed by atoms with van der Waals surface area (Å²) in [7, 11) is 0. The van der Waals surface area contributed by atoms with Crippen LogP contribution in [0.25, 0.3) is 5.69 Å². The molecule has 5 aromatic rings. The van der Waals surface area contributed by atoms with Gasteiger partial charge in [-0.05, 0) is 86.1 Å². The smallest absolute Gasteiger partial charge is 0.273 e. The van der Waals surface area contributed by atoms with Gasteiger partial charge in [-0.3, -0.25) is 4.79 Å². The van der Waals surface area contributed by atoms with E-state index in [2.05, 4.69) is 39.7 Å². The van der Waals surface area contributed by atoms with Crippen molar-refractivity contribution in [2.75, 3.05) is 4.90 Å². The number of amides is 1. The van der Waals surface area contributed by atoms with Crippen molar-refractivity contribution >= 4 is 29.2 Å². The highest BCUT2D eigenvalue weighted by atomic mass is 19.1. The molecule has 0 bridgehead atoms. The van der Waals surface area contributed by atoms with E-state index in [4.69, 9.17) is 0 Å². The first-order chi connectivity index (χ1) is 18.5. The molecule has 188 valence electrons. The Morgan fingerprint density at radius 3 is 1.92 bits per heavy atom. The molecule has 1 aromatic heterocycles. The minimum Gasteiger partial charge on any atom is -0.318 e. The average Bonchev–Trinajstić information content (AvgIpc) is 3.25. The van der Waals surface area contributed by atoms with E-state index >= 15 is 0 Å². The average molecular weight is 503 g/mol. The summed E-state index contributed by atoms with van der Waals surface area (Å²) in [5, 5.41) is 4.18. The number of rotatable bonds is 7. The molecule has 5 rings (SSSR count). The van der Waals surface area contributed by atoms with Crippen LogP contribution in [0.2, 0.25) is 0 Å². The molecule has 0 aliphatic carbocycles. The van der Waals surface area contributed by atoms with E-state index in [1.54, 1.807) is 24.4 Å². The van der Waals surface area contributed by atoms with Gasteiger partial charge in [0.1, 0.15) is 5.82 Å². The maximum Gasteiger partial charge on any atom is 0.273 e. The fraction of sp³-hybridized carbons (Fsp3) is 0.0625. The Labute approximate surface area is 221 Å². The van der Waals surface area contributed by atoms with Crippen molar-refractivity contribution < 1.29 is 9.18 Å². The van der Waals surface area contributed by atoms with E-state index in [-0.39, 0.29) is 11.7 Å². The molecule has 0 aliphatic heterocycles. The van der Waals surface area contributed by atoms with E-state index in [1.165, 1.54) is 12.1 Å². The van der Waals surface area contributed by atoms with Crippen molar-refractivity contribution in [2.24, 2.45) is 5.10 Å². The van der Waals surface area contributed by atoms with Crippen molar-refractivity contribution in [1.29, 1.82) is 0 Å². The van der Waals surface area contributed by atoms with Crippen LogP contribution >= 0.6 is 0 Å². The maximum atomic E-state index is 13.3. The number of para-hydroxylation sites is 2. The largest absolute Gasteiger partial charge is 0.318 e. The number of aryl methyl sites for hydroxylation is 1. The van der Waals surface area contributed by atoms with Crippen LogP contribution in [0.15, 0.2) is 120 Å². The number of aromatic nitrogens is 1. The molecule has 0 saturated heterocycles. The molecule has 5 nitrogen and oxygen atoms in total. The number of halogens is 1. The SMILES string of the molecule is Cc1cc(C(=O)NN=Cc2ccc(N(c3ccccc3)c3ccccc3)cc2)c(C)n1-c1ccc(F)cc1. The predicted molar refractivity (Wildman–Crippen MR) is 151 cm³/mol. The molecular formula is C32H27FN4O. The molecule has 1 heterocycles. The highest BCUT2D eigenvalue weighted by Crippen LogP contribution is 2.33. The van der Waals surface area contributed by atoms with Gasteiger partial charge in [0.15, 0.2) is 0 Å². The number of hydrogen-bond donors (Lipinski definition) is 1. The summed E-state index contributed by atoms with van der Waals surface area (Å²) < 4.78 is 15.3. The van der Waals surface area contributed by atoms with Gasteiger partial charge >= 0.3 is 0 Å². The van der Waals surface area contributed by atoms with Gasteiger partial charge in [0.25, 0.3) is 5.91 Å². The highest BCUT2D eigenvalue weighted by Gasteiger charge is 2.16. The molecular weight excluding hydrogens is 475 g/mol. The zero-order valence-electron chi connectivity index (χ0n) is 21.2. The topological polar surface area (TPSA) is 49.6 Å². The van der Waals surface area contributed by atoms with Crippen LogP contribution < -0.4 is 10.3 Å². The predicted octanol–water partition coefficient (Wildman–Crippen LogP) is 7.47. The summed E-state index contributed by atoms with van der Waals surface area (Å²) in [6, 6.07) is 36.4. The summed E-state index contributed by atoms with van der Waals surface area (Å²) >= 11 is 0. The first-order valence-electron chi connectivity index (χ1n) is 12.3. The molecule has 1 N–H and O–H groups in total. The number of nitrogens with one attached hydrogen (secondary N) is 1. The second-order valence-electron chi connectivity index (χ2n) is 8.89. The Morgan fingerprint density at radius 1 is 0.789 bits per heavy atom. The quantitative estimate of drug-likeness (QED) is 0.185. The number of hydrogen-bond acceptors (Lipinski definition) is 3. The summed E-state index contributed by atoms with van der Waals surface area (Å²) in [5.74, 6) is -0.608. The molecule has 6 heteroatoms. The number of carbonyl (C=O) groups excluding carboxylic acids is 1.